The van der Waals surface area contributed by atoms with Crippen LogP contribution in [0.3, 0.4) is 0 Å². The van der Waals surface area contributed by atoms with Gasteiger partial charge >= 0.3 is 0 Å². The van der Waals surface area contributed by atoms with Gasteiger partial charge < -0.3 is 14.4 Å². The maximum Gasteiger partial charge on any atom is 0.295 e. The van der Waals surface area contributed by atoms with Crippen molar-refractivity contribution in [3.05, 3.63) is 65.7 Å². The summed E-state index contributed by atoms with van der Waals surface area (Å²) in [4.78, 5) is 18.7. The summed E-state index contributed by atoms with van der Waals surface area (Å²) in [7, 11) is 3.16. The zero-order valence-electron chi connectivity index (χ0n) is 15.9. The zero-order valence-corrected chi connectivity index (χ0v) is 15.9. The van der Waals surface area contributed by atoms with Crippen LogP contribution in [-0.4, -0.2) is 44.1 Å². The lowest BCUT2D eigenvalue weighted by molar-refractivity contribution is 0.0994. The van der Waals surface area contributed by atoms with Crippen molar-refractivity contribution >= 4 is 11.9 Å². The number of rotatable bonds is 4. The first-order valence-corrected chi connectivity index (χ1v) is 9.29. The van der Waals surface area contributed by atoms with E-state index in [1.807, 2.05) is 6.07 Å². The Balaban J connectivity index is 1.59. The van der Waals surface area contributed by atoms with Gasteiger partial charge in [-0.25, -0.2) is 0 Å². The first-order chi connectivity index (χ1) is 13.2. The van der Waals surface area contributed by atoms with Gasteiger partial charge in [-0.1, -0.05) is 30.3 Å². The van der Waals surface area contributed by atoms with Gasteiger partial charge in [0.15, 0.2) is 0 Å². The van der Waals surface area contributed by atoms with E-state index in [0.29, 0.717) is 23.3 Å². The smallest absolute Gasteiger partial charge is 0.295 e. The molecule has 3 rings (SSSR count). The largest absolute Gasteiger partial charge is 0.497 e. The Morgan fingerprint density at radius 2 is 1.70 bits per heavy atom. The minimum absolute atomic E-state index is 0.305. The molecular weight excluding hydrogens is 340 g/mol. The highest BCUT2D eigenvalue weighted by Gasteiger charge is 2.23. The van der Waals surface area contributed by atoms with Crippen LogP contribution >= 0.6 is 0 Å². The summed E-state index contributed by atoms with van der Waals surface area (Å²) < 4.78 is 10.5. The molecule has 1 amide bonds. The Labute approximate surface area is 160 Å². The number of amides is 1. The van der Waals surface area contributed by atoms with Gasteiger partial charge in [0.2, 0.25) is 0 Å². The molecule has 1 heterocycles. The van der Waals surface area contributed by atoms with E-state index in [9.17, 15) is 4.79 Å². The average Bonchev–Trinajstić information content (AvgIpc) is 2.73. The van der Waals surface area contributed by atoms with Crippen molar-refractivity contribution in [2.75, 3.05) is 27.3 Å². The first-order valence-electron chi connectivity index (χ1n) is 9.29. The molecule has 0 saturated carbocycles. The number of benzene rings is 2. The van der Waals surface area contributed by atoms with Crippen LogP contribution in [0, 0.1) is 5.92 Å². The summed E-state index contributed by atoms with van der Waals surface area (Å²) in [6.45, 7) is 1.69. The van der Waals surface area contributed by atoms with E-state index in [2.05, 4.69) is 34.2 Å². The molecule has 1 aliphatic rings. The topological polar surface area (TPSA) is 51.1 Å². The fraction of sp³-hybridized carbons (Fsp3) is 0.364. The molecule has 0 N–H and O–H groups in total. The number of piperidine rings is 1. The summed E-state index contributed by atoms with van der Waals surface area (Å²) in [6, 6.07) is 17.9. The van der Waals surface area contributed by atoms with Gasteiger partial charge in [-0.2, -0.15) is 4.99 Å². The third-order valence-corrected chi connectivity index (χ3v) is 4.97. The number of hydrogen-bond acceptors (Lipinski definition) is 3. The summed E-state index contributed by atoms with van der Waals surface area (Å²) in [5.41, 5.74) is 1.90. The fourth-order valence-corrected chi connectivity index (χ4v) is 3.41. The van der Waals surface area contributed by atoms with Crippen LogP contribution in [0.25, 0.3) is 0 Å². The number of likely N-dealkylation sites (tertiary alicyclic amines) is 1. The van der Waals surface area contributed by atoms with Gasteiger partial charge in [0.05, 0.1) is 14.2 Å². The number of hydrogen-bond donors (Lipinski definition) is 0. The van der Waals surface area contributed by atoms with Crippen LogP contribution < -0.4 is 4.74 Å². The van der Waals surface area contributed by atoms with Crippen LogP contribution in [0.15, 0.2) is 59.6 Å². The van der Waals surface area contributed by atoms with Crippen LogP contribution in [0.2, 0.25) is 0 Å². The second-order valence-electron chi connectivity index (χ2n) is 6.75. The Bertz CT molecular complexity index is 764. The molecule has 1 fully saturated rings. The van der Waals surface area contributed by atoms with E-state index in [0.717, 1.165) is 32.4 Å². The molecule has 0 aromatic heterocycles. The van der Waals surface area contributed by atoms with E-state index < -0.39 is 0 Å². The highest BCUT2D eigenvalue weighted by Crippen LogP contribution is 2.22. The molecule has 0 bridgehead atoms. The molecule has 27 heavy (non-hydrogen) atoms. The summed E-state index contributed by atoms with van der Waals surface area (Å²) in [5, 5.41) is 0. The normalized spacial score (nSPS) is 15.5. The number of nitrogens with zero attached hydrogens (tertiary/aromatic N) is 2. The van der Waals surface area contributed by atoms with E-state index in [4.69, 9.17) is 9.47 Å². The molecule has 5 nitrogen and oxygen atoms in total. The van der Waals surface area contributed by atoms with Crippen molar-refractivity contribution in [2.45, 2.75) is 19.3 Å². The van der Waals surface area contributed by atoms with Gasteiger partial charge in [-0.05, 0) is 55.0 Å². The van der Waals surface area contributed by atoms with Gasteiger partial charge in [-0.15, -0.1) is 0 Å². The average molecular weight is 366 g/mol. The maximum absolute atomic E-state index is 12.4. The SMILES string of the molecule is COC(=NC(=O)c1ccc(OC)cc1)N1CCC(Cc2ccccc2)CC1. The molecule has 0 unspecified atom stereocenters. The Morgan fingerprint density at radius 3 is 2.30 bits per heavy atom. The van der Waals surface area contributed by atoms with Gasteiger partial charge in [0, 0.05) is 18.7 Å². The Kier molecular flexibility index (Phi) is 6.47. The molecule has 0 aliphatic carbocycles. The minimum atomic E-state index is -0.305. The van der Waals surface area contributed by atoms with Crippen LogP contribution in [0.5, 0.6) is 5.75 Å². The number of ether oxygens (including phenoxy) is 2. The predicted molar refractivity (Wildman–Crippen MR) is 106 cm³/mol. The van der Waals surface area contributed by atoms with Gasteiger partial charge in [-0.3, -0.25) is 4.79 Å². The standard InChI is InChI=1S/C22H26N2O3/c1-26-20-10-8-19(9-11-20)21(25)23-22(27-2)24-14-12-18(13-15-24)16-17-6-4-3-5-7-17/h3-11,18H,12-16H2,1-2H3. The van der Waals surface area contributed by atoms with Crippen molar-refractivity contribution in [3.63, 3.8) is 0 Å². The first kappa shape index (κ1) is 19.0. The van der Waals surface area contributed by atoms with Crippen LogP contribution in [0.1, 0.15) is 28.8 Å². The number of methoxy groups -OCH3 is 2. The predicted octanol–water partition coefficient (Wildman–Crippen LogP) is 3.79. The van der Waals surface area contributed by atoms with Crippen LogP contribution in [-0.2, 0) is 11.2 Å². The lowest BCUT2D eigenvalue weighted by Crippen LogP contribution is -2.40. The summed E-state index contributed by atoms with van der Waals surface area (Å²) >= 11 is 0. The second-order valence-corrected chi connectivity index (χ2v) is 6.75. The fourth-order valence-electron chi connectivity index (χ4n) is 3.41. The Morgan fingerprint density at radius 1 is 1.04 bits per heavy atom. The van der Waals surface area contributed by atoms with E-state index in [-0.39, 0.29) is 5.91 Å². The van der Waals surface area contributed by atoms with Crippen molar-refractivity contribution < 1.29 is 14.3 Å². The zero-order chi connectivity index (χ0) is 19.1. The lowest BCUT2D eigenvalue weighted by Gasteiger charge is -2.32. The summed E-state index contributed by atoms with van der Waals surface area (Å²) in [6.07, 6.45) is 3.22. The van der Waals surface area contributed by atoms with Crippen molar-refractivity contribution in [1.29, 1.82) is 0 Å². The number of carbonyl (C=O) groups excluding carboxylic acids is 1. The molecule has 2 aromatic carbocycles. The monoisotopic (exact) mass is 366 g/mol. The third kappa shape index (κ3) is 5.09. The highest BCUT2D eigenvalue weighted by molar-refractivity contribution is 6.01. The third-order valence-electron chi connectivity index (χ3n) is 4.97. The molecule has 0 atom stereocenters. The summed E-state index contributed by atoms with van der Waals surface area (Å²) in [5.74, 6) is 1.06. The molecule has 0 radical (unpaired) electrons. The highest BCUT2D eigenvalue weighted by atomic mass is 16.5. The number of amidine groups is 1. The lowest BCUT2D eigenvalue weighted by atomic mass is 9.90. The molecule has 5 heteroatoms. The quantitative estimate of drug-likeness (QED) is 0.610. The van der Waals surface area contributed by atoms with Gasteiger partial charge in [0.1, 0.15) is 5.75 Å². The number of carbonyl (C=O) groups is 1. The van der Waals surface area contributed by atoms with Crippen molar-refractivity contribution in [3.8, 4) is 5.75 Å². The number of aliphatic imine (C=N–C) groups is 1. The van der Waals surface area contributed by atoms with Crippen LogP contribution in [0.4, 0.5) is 0 Å². The molecule has 0 spiro atoms. The maximum atomic E-state index is 12.4. The van der Waals surface area contributed by atoms with E-state index in [1.54, 1.807) is 38.5 Å². The molecule has 1 aliphatic heterocycles. The second kappa shape index (κ2) is 9.21. The minimum Gasteiger partial charge on any atom is -0.497 e. The van der Waals surface area contributed by atoms with Gasteiger partial charge in [0.25, 0.3) is 11.9 Å². The van der Waals surface area contributed by atoms with Crippen molar-refractivity contribution in [2.24, 2.45) is 10.9 Å². The molecule has 2 aromatic rings. The molecule has 142 valence electrons. The van der Waals surface area contributed by atoms with E-state index in [1.165, 1.54) is 5.56 Å². The Hall–Kier alpha value is -2.82. The molecular formula is C22H26N2O3. The van der Waals surface area contributed by atoms with Crippen molar-refractivity contribution in [1.82, 2.24) is 4.90 Å². The molecule has 1 saturated heterocycles. The van der Waals surface area contributed by atoms with E-state index >= 15 is 0 Å².